The summed E-state index contributed by atoms with van der Waals surface area (Å²) in [5.74, 6) is -1.08. The number of aryl methyl sites for hydroxylation is 1. The van der Waals surface area contributed by atoms with Gasteiger partial charge in [0.1, 0.15) is 17.4 Å². The van der Waals surface area contributed by atoms with Gasteiger partial charge in [0.25, 0.3) is 0 Å². The number of benzene rings is 1. The summed E-state index contributed by atoms with van der Waals surface area (Å²) in [5, 5.41) is 25.7. The summed E-state index contributed by atoms with van der Waals surface area (Å²) < 4.78 is 20.1. The third-order valence-electron chi connectivity index (χ3n) is 4.54. The van der Waals surface area contributed by atoms with Crippen molar-refractivity contribution in [3.63, 3.8) is 0 Å². The molecule has 1 aromatic carbocycles. The zero-order valence-electron chi connectivity index (χ0n) is 16.7. The summed E-state index contributed by atoms with van der Waals surface area (Å²) in [6.07, 6.45) is 1.01. The number of nitro benzene ring substituents is 1. The highest BCUT2D eigenvalue weighted by atomic mass is 19.1. The normalized spacial score (nSPS) is 14.9. The number of halogens is 1. The molecule has 1 aliphatic carbocycles. The fourth-order valence-corrected chi connectivity index (χ4v) is 3.02. The van der Waals surface area contributed by atoms with E-state index in [1.165, 1.54) is 31.0 Å². The lowest BCUT2D eigenvalue weighted by atomic mass is 9.95. The second-order valence-corrected chi connectivity index (χ2v) is 8.05. The SMILES string of the molecule is Cc1ccc(C(=N)C(=[NH2+])C(C2CC2)N(C)C(=O)OC(C)(C)C)c(F)c1[N+](=O)[O-]. The highest BCUT2D eigenvalue weighted by molar-refractivity contribution is 6.47. The van der Waals surface area contributed by atoms with E-state index >= 15 is 0 Å². The van der Waals surface area contributed by atoms with Crippen LogP contribution in [0.4, 0.5) is 14.9 Å². The van der Waals surface area contributed by atoms with E-state index in [1.54, 1.807) is 20.8 Å². The molecule has 1 fully saturated rings. The van der Waals surface area contributed by atoms with E-state index in [-0.39, 0.29) is 28.5 Å². The van der Waals surface area contributed by atoms with Crippen LogP contribution in [0.3, 0.4) is 0 Å². The molecule has 3 N–H and O–H groups in total. The van der Waals surface area contributed by atoms with Crippen LogP contribution in [0.1, 0.15) is 44.7 Å². The largest absolute Gasteiger partial charge is 0.444 e. The van der Waals surface area contributed by atoms with Crippen LogP contribution >= 0.6 is 0 Å². The molecule has 1 aromatic rings. The third kappa shape index (κ3) is 4.52. The second kappa shape index (κ2) is 7.65. The molecule has 0 radical (unpaired) electrons. The van der Waals surface area contributed by atoms with E-state index in [0.29, 0.717) is 0 Å². The molecule has 0 aromatic heterocycles. The van der Waals surface area contributed by atoms with Crippen LogP contribution in [0, 0.1) is 34.2 Å². The first-order valence-corrected chi connectivity index (χ1v) is 8.96. The predicted molar refractivity (Wildman–Crippen MR) is 102 cm³/mol. The minimum Gasteiger partial charge on any atom is -0.444 e. The van der Waals surface area contributed by atoms with Gasteiger partial charge in [-0.25, -0.2) is 4.79 Å². The van der Waals surface area contributed by atoms with Gasteiger partial charge in [0.05, 0.1) is 4.92 Å². The van der Waals surface area contributed by atoms with Crippen molar-refractivity contribution in [2.75, 3.05) is 7.05 Å². The minimum absolute atomic E-state index is 0.0205. The van der Waals surface area contributed by atoms with Crippen LogP contribution in [0.25, 0.3) is 0 Å². The van der Waals surface area contributed by atoms with Crippen LogP contribution in [0.2, 0.25) is 0 Å². The Labute approximate surface area is 162 Å². The van der Waals surface area contributed by atoms with Gasteiger partial charge in [-0.05, 0) is 52.5 Å². The maximum Gasteiger partial charge on any atom is 0.410 e. The third-order valence-corrected chi connectivity index (χ3v) is 4.54. The van der Waals surface area contributed by atoms with Gasteiger partial charge in [-0.2, -0.15) is 4.39 Å². The molecule has 1 unspecified atom stereocenters. The van der Waals surface area contributed by atoms with E-state index in [0.717, 1.165) is 12.8 Å². The maximum atomic E-state index is 14.7. The lowest BCUT2D eigenvalue weighted by Gasteiger charge is -2.29. The van der Waals surface area contributed by atoms with Crippen molar-refractivity contribution in [3.8, 4) is 0 Å². The fraction of sp³-hybridized carbons (Fsp3) is 0.526. The Morgan fingerprint density at radius 1 is 1.43 bits per heavy atom. The summed E-state index contributed by atoms with van der Waals surface area (Å²) in [5.41, 5.74) is -1.88. The Kier molecular flexibility index (Phi) is 5.86. The molecule has 0 heterocycles. The van der Waals surface area contributed by atoms with Crippen molar-refractivity contribution in [2.45, 2.75) is 52.2 Å². The Morgan fingerprint density at radius 2 is 2.00 bits per heavy atom. The van der Waals surface area contributed by atoms with Gasteiger partial charge < -0.3 is 4.74 Å². The number of hydrogen-bond donors (Lipinski definition) is 2. The van der Waals surface area contributed by atoms with Gasteiger partial charge in [0.15, 0.2) is 0 Å². The van der Waals surface area contributed by atoms with E-state index in [4.69, 9.17) is 15.6 Å². The van der Waals surface area contributed by atoms with Crippen molar-refractivity contribution >= 4 is 23.2 Å². The minimum atomic E-state index is -1.10. The Balaban J connectivity index is 2.34. The van der Waals surface area contributed by atoms with Gasteiger partial charge in [0, 0.05) is 18.2 Å². The van der Waals surface area contributed by atoms with Gasteiger partial charge in [-0.3, -0.25) is 25.8 Å². The number of nitrogens with two attached hydrogens (primary N) is 1. The quantitative estimate of drug-likeness (QED) is 0.437. The standard InChI is InChI=1S/C19H25FN4O4/c1-10-6-9-12(13(20)16(10)24(26)27)14(21)15(22)17(11-7-8-11)23(5)18(25)28-19(2,3)4/h6,9,11,17,21-22H,7-8H2,1-5H3/p+1. The maximum absolute atomic E-state index is 14.7. The summed E-state index contributed by atoms with van der Waals surface area (Å²) in [6.45, 7) is 6.63. The molecule has 1 aliphatic rings. The first-order valence-electron chi connectivity index (χ1n) is 8.96. The molecule has 8 nitrogen and oxygen atoms in total. The monoisotopic (exact) mass is 393 g/mol. The predicted octanol–water partition coefficient (Wildman–Crippen LogP) is 2.26. The van der Waals surface area contributed by atoms with Crippen molar-refractivity contribution in [1.82, 2.24) is 4.90 Å². The molecule has 0 bridgehead atoms. The molecule has 9 heteroatoms. The molecular weight excluding hydrogens is 367 g/mol. The number of hydrogen-bond acceptors (Lipinski definition) is 5. The Hall–Kier alpha value is -2.84. The lowest BCUT2D eigenvalue weighted by molar-refractivity contribution is -0.388. The first kappa shape index (κ1) is 21.5. The Morgan fingerprint density at radius 3 is 2.46 bits per heavy atom. The Bertz CT molecular complexity index is 843. The molecule has 0 spiro atoms. The van der Waals surface area contributed by atoms with Crippen molar-refractivity contribution in [2.24, 2.45) is 5.92 Å². The zero-order chi connectivity index (χ0) is 21.4. The molecule has 0 aliphatic heterocycles. The number of nitro groups is 1. The molecule has 1 amide bonds. The van der Waals surface area contributed by atoms with Gasteiger partial charge in [0.2, 0.25) is 11.5 Å². The highest BCUT2D eigenvalue weighted by Crippen LogP contribution is 2.36. The fourth-order valence-electron chi connectivity index (χ4n) is 3.02. The molecule has 2 rings (SSSR count). The second-order valence-electron chi connectivity index (χ2n) is 8.05. The summed E-state index contributed by atoms with van der Waals surface area (Å²) in [4.78, 5) is 24.1. The van der Waals surface area contributed by atoms with Gasteiger partial charge >= 0.3 is 11.8 Å². The molecule has 0 saturated heterocycles. The van der Waals surface area contributed by atoms with Crippen LogP contribution in [0.15, 0.2) is 12.1 Å². The van der Waals surface area contributed by atoms with E-state index in [9.17, 15) is 19.3 Å². The topological polar surface area (TPSA) is 122 Å². The number of nitrogens with one attached hydrogen (secondary N) is 1. The molecular formula is C19H26FN4O4+. The molecule has 28 heavy (non-hydrogen) atoms. The summed E-state index contributed by atoms with van der Waals surface area (Å²) in [7, 11) is 1.52. The number of rotatable bonds is 6. The zero-order valence-corrected chi connectivity index (χ0v) is 16.7. The summed E-state index contributed by atoms with van der Waals surface area (Å²) in [6, 6.07) is 2.02. The van der Waals surface area contributed by atoms with Crippen LogP contribution in [0.5, 0.6) is 0 Å². The number of ether oxygens (including phenoxy) is 1. The van der Waals surface area contributed by atoms with Crippen molar-refractivity contribution < 1.29 is 24.3 Å². The highest BCUT2D eigenvalue weighted by Gasteiger charge is 2.44. The van der Waals surface area contributed by atoms with E-state index < -0.39 is 34.2 Å². The average Bonchev–Trinajstić information content (AvgIpc) is 3.37. The smallest absolute Gasteiger partial charge is 0.410 e. The number of carbonyl (C=O) groups is 1. The molecule has 1 saturated carbocycles. The van der Waals surface area contributed by atoms with Crippen molar-refractivity contribution in [3.05, 3.63) is 39.2 Å². The van der Waals surface area contributed by atoms with Crippen LogP contribution in [-0.4, -0.2) is 46.0 Å². The molecule has 152 valence electrons. The van der Waals surface area contributed by atoms with Crippen molar-refractivity contribution in [1.29, 1.82) is 5.41 Å². The van der Waals surface area contributed by atoms with E-state index in [1.807, 2.05) is 0 Å². The van der Waals surface area contributed by atoms with E-state index in [2.05, 4.69) is 0 Å². The first-order chi connectivity index (χ1) is 12.8. The number of nitrogens with zero attached hydrogens (tertiary/aromatic N) is 2. The lowest BCUT2D eigenvalue weighted by Crippen LogP contribution is -2.59. The van der Waals surface area contributed by atoms with Gasteiger partial charge in [-0.1, -0.05) is 6.07 Å². The number of amides is 1. The average molecular weight is 393 g/mol. The van der Waals surface area contributed by atoms with Gasteiger partial charge in [-0.15, -0.1) is 0 Å². The molecule has 1 atom stereocenters. The van der Waals surface area contributed by atoms with Crippen LogP contribution < -0.4 is 5.41 Å². The van der Waals surface area contributed by atoms with Crippen LogP contribution in [-0.2, 0) is 4.74 Å². The number of carbonyl (C=O) groups excluding carboxylic acids is 1. The summed E-state index contributed by atoms with van der Waals surface area (Å²) >= 11 is 0.